The van der Waals surface area contributed by atoms with Crippen LogP contribution in [0.1, 0.15) is 29.9 Å². The first kappa shape index (κ1) is 16.1. The van der Waals surface area contributed by atoms with E-state index in [4.69, 9.17) is 0 Å². The number of nitrogens with zero attached hydrogens (tertiary/aromatic N) is 1. The summed E-state index contributed by atoms with van der Waals surface area (Å²) in [7, 11) is 1.25. The average Bonchev–Trinajstić information content (AvgIpc) is 2.86. The summed E-state index contributed by atoms with van der Waals surface area (Å²) in [5.74, 6) is -0.852. The third kappa shape index (κ3) is 4.30. The van der Waals surface area contributed by atoms with Gasteiger partial charge < -0.3 is 10.1 Å². The van der Waals surface area contributed by atoms with Crippen LogP contribution in [0.25, 0.3) is 0 Å². The van der Waals surface area contributed by atoms with Crippen molar-refractivity contribution in [2.75, 3.05) is 7.11 Å². The number of carbonyl (C=O) groups excluding carboxylic acids is 2. The molecule has 0 aromatic carbocycles. The molecule has 0 aliphatic rings. The van der Waals surface area contributed by atoms with Crippen LogP contribution in [0.4, 0.5) is 5.00 Å². The van der Waals surface area contributed by atoms with Crippen LogP contribution in [0, 0.1) is 16.0 Å². The second-order valence-corrected chi connectivity index (χ2v) is 5.64. The third-order valence-corrected chi connectivity index (χ3v) is 3.53. The van der Waals surface area contributed by atoms with Crippen molar-refractivity contribution in [1.29, 1.82) is 0 Å². The van der Waals surface area contributed by atoms with E-state index in [1.54, 1.807) is 0 Å². The van der Waals surface area contributed by atoms with Crippen LogP contribution in [0.2, 0.25) is 0 Å². The van der Waals surface area contributed by atoms with Crippen molar-refractivity contribution in [3.8, 4) is 0 Å². The zero-order valence-electron chi connectivity index (χ0n) is 11.4. The molecule has 0 saturated carbocycles. The molecule has 1 aromatic heterocycles. The number of hydrogen-bond acceptors (Lipinski definition) is 6. The Labute approximate surface area is 120 Å². The fourth-order valence-electron chi connectivity index (χ4n) is 1.60. The lowest BCUT2D eigenvalue weighted by molar-refractivity contribution is -0.380. The van der Waals surface area contributed by atoms with E-state index in [-0.39, 0.29) is 15.8 Å². The van der Waals surface area contributed by atoms with Gasteiger partial charge in [0.2, 0.25) is 0 Å². The van der Waals surface area contributed by atoms with Crippen LogP contribution >= 0.6 is 11.3 Å². The van der Waals surface area contributed by atoms with E-state index in [0.29, 0.717) is 6.42 Å². The second kappa shape index (κ2) is 6.99. The smallest absolute Gasteiger partial charge is 0.328 e. The number of methoxy groups -OCH3 is 1. The van der Waals surface area contributed by atoms with Gasteiger partial charge in [-0.3, -0.25) is 14.9 Å². The molecule has 1 N–H and O–H groups in total. The lowest BCUT2D eigenvalue weighted by Gasteiger charge is -2.17. The summed E-state index contributed by atoms with van der Waals surface area (Å²) in [5, 5.41) is 13.0. The predicted octanol–water partition coefficient (Wildman–Crippen LogP) is 1.97. The van der Waals surface area contributed by atoms with Gasteiger partial charge in [0.15, 0.2) is 0 Å². The molecule has 20 heavy (non-hydrogen) atoms. The maximum atomic E-state index is 12.0. The molecule has 0 aliphatic heterocycles. The second-order valence-electron chi connectivity index (χ2n) is 4.57. The maximum absolute atomic E-state index is 12.0. The molecular weight excluding hydrogens is 284 g/mol. The van der Waals surface area contributed by atoms with Crippen LogP contribution in [0.15, 0.2) is 12.1 Å². The van der Waals surface area contributed by atoms with Gasteiger partial charge in [-0.05, 0) is 18.4 Å². The van der Waals surface area contributed by atoms with Crippen molar-refractivity contribution in [2.24, 2.45) is 5.92 Å². The highest BCUT2D eigenvalue weighted by Gasteiger charge is 2.24. The molecule has 1 rings (SSSR count). The molecule has 8 heteroatoms. The summed E-state index contributed by atoms with van der Waals surface area (Å²) < 4.78 is 4.63. The Hall–Kier alpha value is -1.96. The minimum Gasteiger partial charge on any atom is -0.467 e. The van der Waals surface area contributed by atoms with E-state index >= 15 is 0 Å². The van der Waals surface area contributed by atoms with Crippen LogP contribution in [-0.4, -0.2) is 30.0 Å². The molecule has 110 valence electrons. The Morgan fingerprint density at radius 1 is 1.45 bits per heavy atom. The standard InChI is InChI=1S/C12H16N2O5S/c1-7(2)6-8(12(16)19-3)13-11(15)9-4-5-10(20-9)14(17)18/h4-5,7-8H,6H2,1-3H3,(H,13,15). The van der Waals surface area contributed by atoms with Crippen LogP contribution in [0.5, 0.6) is 0 Å². The fourth-order valence-corrected chi connectivity index (χ4v) is 2.33. The Balaban J connectivity index is 2.78. The highest BCUT2D eigenvalue weighted by Crippen LogP contribution is 2.24. The first-order valence-corrected chi connectivity index (χ1v) is 6.79. The molecule has 1 unspecified atom stereocenters. The Morgan fingerprint density at radius 3 is 2.55 bits per heavy atom. The van der Waals surface area contributed by atoms with Gasteiger partial charge in [-0.15, -0.1) is 0 Å². The topological polar surface area (TPSA) is 98.5 Å². The fraction of sp³-hybridized carbons (Fsp3) is 0.500. The molecule has 7 nitrogen and oxygen atoms in total. The number of ether oxygens (including phenoxy) is 1. The number of carbonyl (C=O) groups is 2. The molecule has 1 amide bonds. The maximum Gasteiger partial charge on any atom is 0.328 e. The van der Waals surface area contributed by atoms with Gasteiger partial charge in [-0.2, -0.15) is 0 Å². The zero-order valence-corrected chi connectivity index (χ0v) is 12.2. The van der Waals surface area contributed by atoms with Gasteiger partial charge in [0, 0.05) is 6.07 Å². The molecule has 0 saturated heterocycles. The number of hydrogen-bond donors (Lipinski definition) is 1. The van der Waals surface area contributed by atoms with E-state index in [9.17, 15) is 19.7 Å². The molecule has 0 radical (unpaired) electrons. The van der Waals surface area contributed by atoms with Gasteiger partial charge in [-0.1, -0.05) is 25.2 Å². The molecule has 0 bridgehead atoms. The number of nitrogens with one attached hydrogen (secondary N) is 1. The first-order chi connectivity index (χ1) is 9.35. The van der Waals surface area contributed by atoms with Crippen molar-refractivity contribution in [1.82, 2.24) is 5.32 Å². The van der Waals surface area contributed by atoms with Gasteiger partial charge in [-0.25, -0.2) is 4.79 Å². The lowest BCUT2D eigenvalue weighted by atomic mass is 10.0. The third-order valence-electron chi connectivity index (χ3n) is 2.49. The van der Waals surface area contributed by atoms with E-state index in [2.05, 4.69) is 10.1 Å². The van der Waals surface area contributed by atoms with Crippen LogP contribution in [0.3, 0.4) is 0 Å². The van der Waals surface area contributed by atoms with Gasteiger partial charge >= 0.3 is 11.0 Å². The summed E-state index contributed by atoms with van der Waals surface area (Å²) in [5.41, 5.74) is 0. The molecule has 1 aromatic rings. The predicted molar refractivity (Wildman–Crippen MR) is 73.7 cm³/mol. The normalized spacial score (nSPS) is 12.0. The molecule has 0 spiro atoms. The van der Waals surface area contributed by atoms with Gasteiger partial charge in [0.05, 0.1) is 16.9 Å². The summed E-state index contributed by atoms with van der Waals surface area (Å²) in [6, 6.07) is 1.87. The van der Waals surface area contributed by atoms with E-state index in [1.165, 1.54) is 19.2 Å². The highest BCUT2D eigenvalue weighted by atomic mass is 32.1. The van der Waals surface area contributed by atoms with Crippen LogP contribution in [-0.2, 0) is 9.53 Å². The SMILES string of the molecule is COC(=O)C(CC(C)C)NC(=O)c1ccc([N+](=O)[O-])s1. The van der Waals surface area contributed by atoms with E-state index in [0.717, 1.165) is 11.3 Å². The first-order valence-electron chi connectivity index (χ1n) is 5.98. The Morgan fingerprint density at radius 2 is 2.10 bits per heavy atom. The average molecular weight is 300 g/mol. The molecule has 1 heterocycles. The number of thiophene rings is 1. The monoisotopic (exact) mass is 300 g/mol. The van der Waals surface area contributed by atoms with Crippen LogP contribution < -0.4 is 5.32 Å². The largest absolute Gasteiger partial charge is 0.467 e. The summed E-state index contributed by atoms with van der Waals surface area (Å²) >= 11 is 0.766. The molecular formula is C12H16N2O5S. The minimum absolute atomic E-state index is 0.117. The van der Waals surface area contributed by atoms with Crippen molar-refractivity contribution < 1.29 is 19.2 Å². The number of esters is 1. The summed E-state index contributed by atoms with van der Waals surface area (Å²) in [6.07, 6.45) is 0.436. The lowest BCUT2D eigenvalue weighted by Crippen LogP contribution is -2.42. The Bertz CT molecular complexity index is 512. The quantitative estimate of drug-likeness (QED) is 0.492. The molecule has 0 aliphatic carbocycles. The minimum atomic E-state index is -0.756. The highest BCUT2D eigenvalue weighted by molar-refractivity contribution is 7.17. The van der Waals surface area contributed by atoms with Gasteiger partial charge in [0.1, 0.15) is 6.04 Å². The summed E-state index contributed by atoms with van der Waals surface area (Å²) in [4.78, 5) is 33.7. The Kier molecular flexibility index (Phi) is 5.63. The summed E-state index contributed by atoms with van der Waals surface area (Å²) in [6.45, 7) is 3.83. The molecule has 1 atom stereocenters. The van der Waals surface area contributed by atoms with Crippen molar-refractivity contribution in [2.45, 2.75) is 26.3 Å². The van der Waals surface area contributed by atoms with Crippen molar-refractivity contribution >= 4 is 28.2 Å². The number of rotatable bonds is 6. The van der Waals surface area contributed by atoms with Crippen molar-refractivity contribution in [3.63, 3.8) is 0 Å². The zero-order chi connectivity index (χ0) is 15.3. The number of amides is 1. The van der Waals surface area contributed by atoms with E-state index < -0.39 is 22.8 Å². The van der Waals surface area contributed by atoms with E-state index in [1.807, 2.05) is 13.8 Å². The number of nitro groups is 1. The molecule has 0 fully saturated rings. The van der Waals surface area contributed by atoms with Gasteiger partial charge in [0.25, 0.3) is 5.91 Å². The van der Waals surface area contributed by atoms with Crippen molar-refractivity contribution in [3.05, 3.63) is 27.1 Å².